The predicted octanol–water partition coefficient (Wildman–Crippen LogP) is 4.10. The van der Waals surface area contributed by atoms with Crippen LogP contribution in [0.3, 0.4) is 0 Å². The minimum absolute atomic E-state index is 0.177. The number of rotatable bonds is 1. The molecule has 0 atom stereocenters. The molecule has 16 heavy (non-hydrogen) atoms. The number of hydrogen-bond acceptors (Lipinski definition) is 2. The lowest BCUT2D eigenvalue weighted by atomic mass is 9.92. The molecule has 1 aliphatic heterocycles. The minimum Gasteiger partial charge on any atom is -0.507 e. The Morgan fingerprint density at radius 3 is 2.69 bits per heavy atom. The SMILES string of the molecule is C=C1C=C(C(C)C)c2cc(Br)c(O)cc2O1. The van der Waals surface area contributed by atoms with Crippen molar-refractivity contribution < 1.29 is 9.84 Å². The van der Waals surface area contributed by atoms with E-state index in [-0.39, 0.29) is 5.75 Å². The molecule has 0 bridgehead atoms. The van der Waals surface area contributed by atoms with Crippen molar-refractivity contribution in [3.8, 4) is 11.5 Å². The summed E-state index contributed by atoms with van der Waals surface area (Å²) in [5, 5.41) is 9.61. The maximum atomic E-state index is 9.61. The van der Waals surface area contributed by atoms with Crippen molar-refractivity contribution in [2.24, 2.45) is 5.92 Å². The Morgan fingerprint density at radius 1 is 1.38 bits per heavy atom. The summed E-state index contributed by atoms with van der Waals surface area (Å²) in [5.74, 6) is 1.84. The van der Waals surface area contributed by atoms with Crippen LogP contribution in [0.2, 0.25) is 0 Å². The molecule has 0 spiro atoms. The summed E-state index contributed by atoms with van der Waals surface area (Å²) < 4.78 is 6.17. The molecule has 1 N–H and O–H groups in total. The van der Waals surface area contributed by atoms with Gasteiger partial charge in [-0.2, -0.15) is 0 Å². The summed E-state index contributed by atoms with van der Waals surface area (Å²) in [6.07, 6.45) is 1.94. The molecule has 1 aromatic rings. The van der Waals surface area contributed by atoms with Gasteiger partial charge in [0.05, 0.1) is 4.47 Å². The summed E-state index contributed by atoms with van der Waals surface area (Å²) >= 11 is 3.31. The third-order valence-corrected chi connectivity index (χ3v) is 3.17. The number of allylic oxidation sites excluding steroid dienone is 2. The quantitative estimate of drug-likeness (QED) is 0.839. The monoisotopic (exact) mass is 280 g/mol. The van der Waals surface area contributed by atoms with Crippen molar-refractivity contribution >= 4 is 21.5 Å². The summed E-state index contributed by atoms with van der Waals surface area (Å²) in [7, 11) is 0. The molecule has 0 saturated carbocycles. The topological polar surface area (TPSA) is 29.5 Å². The number of fused-ring (bicyclic) bond motifs is 1. The molecular formula is C13H13BrO2. The molecule has 0 unspecified atom stereocenters. The van der Waals surface area contributed by atoms with Crippen molar-refractivity contribution in [1.29, 1.82) is 0 Å². The van der Waals surface area contributed by atoms with E-state index in [9.17, 15) is 5.11 Å². The lowest BCUT2D eigenvalue weighted by Crippen LogP contribution is -2.06. The second-order valence-electron chi connectivity index (χ2n) is 4.12. The zero-order valence-electron chi connectivity index (χ0n) is 9.25. The van der Waals surface area contributed by atoms with Crippen molar-refractivity contribution in [1.82, 2.24) is 0 Å². The fraction of sp³-hybridized carbons (Fsp3) is 0.231. The van der Waals surface area contributed by atoms with Gasteiger partial charge in [-0.1, -0.05) is 20.4 Å². The molecule has 2 nitrogen and oxygen atoms in total. The van der Waals surface area contributed by atoms with Crippen molar-refractivity contribution in [2.45, 2.75) is 13.8 Å². The largest absolute Gasteiger partial charge is 0.507 e. The van der Waals surface area contributed by atoms with Crippen LogP contribution in [-0.4, -0.2) is 5.11 Å². The molecule has 2 rings (SSSR count). The number of benzene rings is 1. The fourth-order valence-electron chi connectivity index (χ4n) is 1.75. The van der Waals surface area contributed by atoms with Gasteiger partial charge in [0.25, 0.3) is 0 Å². The van der Waals surface area contributed by atoms with Crippen molar-refractivity contribution in [3.63, 3.8) is 0 Å². The van der Waals surface area contributed by atoms with Crippen LogP contribution in [-0.2, 0) is 0 Å². The van der Waals surface area contributed by atoms with Crippen LogP contribution < -0.4 is 4.74 Å². The highest BCUT2D eigenvalue weighted by Crippen LogP contribution is 2.41. The fourth-order valence-corrected chi connectivity index (χ4v) is 2.10. The standard InChI is InChI=1S/C13H13BrO2/c1-7(2)9-4-8(3)16-13-6-12(15)11(14)5-10(9)13/h4-7,15H,3H2,1-2H3. The van der Waals surface area contributed by atoms with Crippen LogP contribution in [0.4, 0.5) is 0 Å². The smallest absolute Gasteiger partial charge is 0.138 e. The number of phenols is 1. The normalized spacial score (nSPS) is 14.5. The zero-order chi connectivity index (χ0) is 11.9. The Kier molecular flexibility index (Phi) is 2.80. The second-order valence-corrected chi connectivity index (χ2v) is 4.98. The summed E-state index contributed by atoms with van der Waals surface area (Å²) in [4.78, 5) is 0. The second kappa shape index (κ2) is 3.98. The Labute approximate surface area is 103 Å². The van der Waals surface area contributed by atoms with Gasteiger partial charge in [-0.05, 0) is 39.6 Å². The van der Waals surface area contributed by atoms with E-state index in [0.717, 1.165) is 5.56 Å². The molecule has 84 valence electrons. The number of halogens is 1. The minimum atomic E-state index is 0.177. The molecule has 0 saturated heterocycles. The molecule has 0 fully saturated rings. The van der Waals surface area contributed by atoms with E-state index in [0.29, 0.717) is 21.9 Å². The maximum Gasteiger partial charge on any atom is 0.138 e. The van der Waals surface area contributed by atoms with Crippen LogP contribution >= 0.6 is 15.9 Å². The highest BCUT2D eigenvalue weighted by Gasteiger charge is 2.20. The summed E-state index contributed by atoms with van der Waals surface area (Å²) in [5.41, 5.74) is 2.18. The Hall–Kier alpha value is -1.22. The molecule has 0 radical (unpaired) electrons. The maximum absolute atomic E-state index is 9.61. The van der Waals surface area contributed by atoms with E-state index in [1.165, 1.54) is 5.57 Å². The van der Waals surface area contributed by atoms with E-state index in [1.54, 1.807) is 6.07 Å². The molecule has 0 aliphatic carbocycles. The van der Waals surface area contributed by atoms with Gasteiger partial charge in [0.15, 0.2) is 0 Å². The Bertz CT molecular complexity index is 487. The first-order valence-corrected chi connectivity index (χ1v) is 5.89. The van der Waals surface area contributed by atoms with Crippen LogP contribution in [0.25, 0.3) is 5.57 Å². The first-order chi connectivity index (χ1) is 7.49. The van der Waals surface area contributed by atoms with Crippen LogP contribution in [0.1, 0.15) is 19.4 Å². The van der Waals surface area contributed by atoms with Gasteiger partial charge in [0.1, 0.15) is 17.3 Å². The van der Waals surface area contributed by atoms with Gasteiger partial charge < -0.3 is 9.84 Å². The van der Waals surface area contributed by atoms with E-state index < -0.39 is 0 Å². The third kappa shape index (κ3) is 1.87. The molecule has 3 heteroatoms. The van der Waals surface area contributed by atoms with Gasteiger partial charge in [-0.3, -0.25) is 0 Å². The molecule has 0 aromatic heterocycles. The average molecular weight is 281 g/mol. The predicted molar refractivity (Wildman–Crippen MR) is 68.4 cm³/mol. The number of phenolic OH excluding ortho intramolecular Hbond substituents is 1. The first kappa shape index (κ1) is 11.3. The van der Waals surface area contributed by atoms with Gasteiger partial charge >= 0.3 is 0 Å². The number of hydrogen-bond donors (Lipinski definition) is 1. The van der Waals surface area contributed by atoms with Crippen LogP contribution in [0, 0.1) is 5.92 Å². The lowest BCUT2D eigenvalue weighted by molar-refractivity contribution is 0.427. The average Bonchev–Trinajstić information content (AvgIpc) is 2.19. The summed E-state index contributed by atoms with van der Waals surface area (Å²) in [6.45, 7) is 8.05. The highest BCUT2D eigenvalue weighted by atomic mass is 79.9. The lowest BCUT2D eigenvalue weighted by Gasteiger charge is -2.22. The number of ether oxygens (including phenoxy) is 1. The Balaban J connectivity index is 2.62. The van der Waals surface area contributed by atoms with E-state index >= 15 is 0 Å². The molecule has 1 aromatic carbocycles. The highest BCUT2D eigenvalue weighted by molar-refractivity contribution is 9.10. The van der Waals surface area contributed by atoms with Crippen LogP contribution in [0.15, 0.2) is 35.0 Å². The number of aromatic hydroxyl groups is 1. The molecular weight excluding hydrogens is 268 g/mol. The molecule has 1 aliphatic rings. The first-order valence-electron chi connectivity index (χ1n) is 5.10. The molecule has 0 amide bonds. The molecule has 1 heterocycles. The third-order valence-electron chi connectivity index (χ3n) is 2.54. The van der Waals surface area contributed by atoms with E-state index in [1.807, 2.05) is 12.1 Å². The van der Waals surface area contributed by atoms with Gasteiger partial charge in [0.2, 0.25) is 0 Å². The van der Waals surface area contributed by atoms with Crippen molar-refractivity contribution in [2.75, 3.05) is 0 Å². The van der Waals surface area contributed by atoms with Gasteiger partial charge in [-0.25, -0.2) is 0 Å². The van der Waals surface area contributed by atoms with E-state index in [4.69, 9.17) is 4.74 Å². The van der Waals surface area contributed by atoms with Gasteiger partial charge in [-0.15, -0.1) is 0 Å². The Morgan fingerprint density at radius 2 is 2.06 bits per heavy atom. The van der Waals surface area contributed by atoms with Gasteiger partial charge in [0, 0.05) is 11.6 Å². The zero-order valence-corrected chi connectivity index (χ0v) is 10.8. The summed E-state index contributed by atoms with van der Waals surface area (Å²) in [6, 6.07) is 3.49. The van der Waals surface area contributed by atoms with Crippen LogP contribution in [0.5, 0.6) is 11.5 Å². The van der Waals surface area contributed by atoms with E-state index in [2.05, 4.69) is 36.4 Å². The van der Waals surface area contributed by atoms with Crippen molar-refractivity contribution in [3.05, 3.63) is 40.6 Å².